The summed E-state index contributed by atoms with van der Waals surface area (Å²) in [5.74, 6) is -0.870. The predicted octanol–water partition coefficient (Wildman–Crippen LogP) is 2.90. The smallest absolute Gasteiger partial charge is 0.417 e. The maximum absolute atomic E-state index is 12.6. The average Bonchev–Trinajstić information content (AvgIpc) is 2.23. The first kappa shape index (κ1) is 19.9. The van der Waals surface area contributed by atoms with Gasteiger partial charge < -0.3 is 4.74 Å². The molecular formula is C9H6ClF5NaO3S. The molecule has 1 rings (SSSR count). The Morgan fingerprint density at radius 3 is 2.20 bits per heavy atom. The summed E-state index contributed by atoms with van der Waals surface area (Å²) in [6.45, 7) is -1.25. The van der Waals surface area contributed by atoms with Crippen molar-refractivity contribution in [1.29, 1.82) is 0 Å². The quantitative estimate of drug-likeness (QED) is 0.478. The van der Waals surface area contributed by atoms with Gasteiger partial charge in [0.25, 0.3) is 15.5 Å². The van der Waals surface area contributed by atoms with E-state index in [1.54, 1.807) is 0 Å². The third-order valence-corrected chi connectivity index (χ3v) is 3.26. The van der Waals surface area contributed by atoms with Crippen LogP contribution in [0.5, 0.6) is 5.75 Å². The summed E-state index contributed by atoms with van der Waals surface area (Å²) in [4.78, 5) is -1.37. The van der Waals surface area contributed by atoms with E-state index in [9.17, 15) is 30.4 Å². The third-order valence-electron chi connectivity index (χ3n) is 1.89. The van der Waals surface area contributed by atoms with Crippen LogP contribution in [0.4, 0.5) is 22.0 Å². The molecule has 20 heavy (non-hydrogen) atoms. The van der Waals surface area contributed by atoms with E-state index < -0.39 is 44.5 Å². The van der Waals surface area contributed by atoms with Gasteiger partial charge in [-0.3, -0.25) is 0 Å². The molecule has 0 fully saturated rings. The third kappa shape index (κ3) is 5.36. The van der Waals surface area contributed by atoms with E-state index in [4.69, 9.17) is 10.7 Å². The summed E-state index contributed by atoms with van der Waals surface area (Å²) >= 11 is 0. The zero-order valence-electron chi connectivity index (χ0n) is 9.92. The average molecular weight is 348 g/mol. The van der Waals surface area contributed by atoms with Crippen LogP contribution >= 0.6 is 10.7 Å². The maximum Gasteiger partial charge on any atom is 0.417 e. The molecule has 0 saturated carbocycles. The topological polar surface area (TPSA) is 43.4 Å². The van der Waals surface area contributed by atoms with E-state index in [1.165, 1.54) is 0 Å². The molecule has 0 saturated heterocycles. The minimum Gasteiger partial charge on any atom is -0.486 e. The molecule has 0 atom stereocenters. The normalized spacial score (nSPS) is 12.2. The Labute approximate surface area is 137 Å². The first-order valence-electron chi connectivity index (χ1n) is 4.59. The first-order chi connectivity index (χ1) is 8.53. The van der Waals surface area contributed by atoms with Crippen LogP contribution in [0.25, 0.3) is 0 Å². The molecular weight excluding hydrogens is 342 g/mol. The van der Waals surface area contributed by atoms with Crippen molar-refractivity contribution in [3.8, 4) is 5.75 Å². The van der Waals surface area contributed by atoms with Gasteiger partial charge >= 0.3 is 6.18 Å². The molecule has 0 heterocycles. The van der Waals surface area contributed by atoms with Gasteiger partial charge in [0.05, 0.1) is 5.56 Å². The maximum atomic E-state index is 12.6. The number of benzene rings is 1. The minimum absolute atomic E-state index is 0. The van der Waals surface area contributed by atoms with Gasteiger partial charge in [0.2, 0.25) is 0 Å². The van der Waals surface area contributed by atoms with Gasteiger partial charge in [-0.25, -0.2) is 17.2 Å². The molecule has 0 amide bonds. The molecule has 0 N–H and O–H groups in total. The van der Waals surface area contributed by atoms with Crippen LogP contribution < -0.4 is 4.74 Å². The monoisotopic (exact) mass is 347 g/mol. The van der Waals surface area contributed by atoms with E-state index in [0.717, 1.165) is 12.1 Å². The molecule has 0 aliphatic carbocycles. The van der Waals surface area contributed by atoms with Crippen molar-refractivity contribution in [2.45, 2.75) is 17.5 Å². The number of halogens is 6. The Kier molecular flexibility index (Phi) is 7.22. The van der Waals surface area contributed by atoms with Crippen LogP contribution in [0, 0.1) is 0 Å². The molecule has 1 radical (unpaired) electrons. The van der Waals surface area contributed by atoms with Gasteiger partial charge in [0.15, 0.2) is 0 Å². The molecule has 0 aliphatic heterocycles. The van der Waals surface area contributed by atoms with Gasteiger partial charge in [-0.15, -0.1) is 0 Å². The van der Waals surface area contributed by atoms with Crippen LogP contribution in [0.2, 0.25) is 0 Å². The molecule has 3 nitrogen and oxygen atoms in total. The summed E-state index contributed by atoms with van der Waals surface area (Å²) in [5.41, 5.74) is -1.57. The Balaban J connectivity index is 0.00000361. The van der Waals surface area contributed by atoms with Gasteiger partial charge in [0, 0.05) is 40.2 Å². The Morgan fingerprint density at radius 2 is 1.80 bits per heavy atom. The largest absolute Gasteiger partial charge is 0.486 e. The molecule has 1 aromatic carbocycles. The van der Waals surface area contributed by atoms with Crippen molar-refractivity contribution in [2.24, 2.45) is 0 Å². The molecule has 11 heteroatoms. The Morgan fingerprint density at radius 1 is 1.25 bits per heavy atom. The van der Waals surface area contributed by atoms with Crippen molar-refractivity contribution in [1.82, 2.24) is 0 Å². The summed E-state index contributed by atoms with van der Waals surface area (Å²) in [6.07, 6.45) is -7.98. The van der Waals surface area contributed by atoms with Gasteiger partial charge in [0.1, 0.15) is 17.3 Å². The summed E-state index contributed by atoms with van der Waals surface area (Å²) in [6, 6.07) is 2.10. The molecule has 1 aromatic rings. The number of ether oxygens (including phenoxy) is 1. The van der Waals surface area contributed by atoms with Gasteiger partial charge in [-0.05, 0) is 12.1 Å². The van der Waals surface area contributed by atoms with Crippen LogP contribution in [0.15, 0.2) is 23.1 Å². The zero-order chi connectivity index (χ0) is 14.8. The number of hydrogen-bond acceptors (Lipinski definition) is 3. The van der Waals surface area contributed by atoms with E-state index in [2.05, 4.69) is 4.74 Å². The van der Waals surface area contributed by atoms with Crippen LogP contribution in [-0.2, 0) is 15.2 Å². The van der Waals surface area contributed by atoms with Crippen molar-refractivity contribution in [2.75, 3.05) is 6.61 Å². The van der Waals surface area contributed by atoms with Crippen LogP contribution in [0.3, 0.4) is 0 Å². The number of rotatable bonds is 4. The van der Waals surface area contributed by atoms with Gasteiger partial charge in [-0.1, -0.05) is 6.07 Å². The summed E-state index contributed by atoms with van der Waals surface area (Å²) in [7, 11) is 0.0821. The van der Waals surface area contributed by atoms with Crippen molar-refractivity contribution < 1.29 is 35.1 Å². The first-order valence-corrected chi connectivity index (χ1v) is 6.90. The Bertz CT molecular complexity index is 561. The number of hydrogen-bond donors (Lipinski definition) is 0. The number of alkyl halides is 5. The second-order valence-electron chi connectivity index (χ2n) is 3.27. The van der Waals surface area contributed by atoms with Crippen molar-refractivity contribution in [3.63, 3.8) is 0 Å². The second kappa shape index (κ2) is 7.26. The fraction of sp³-hybridized carbons (Fsp3) is 0.333. The fourth-order valence-corrected chi connectivity index (χ4v) is 2.55. The van der Waals surface area contributed by atoms with Crippen molar-refractivity contribution >= 4 is 49.3 Å². The molecule has 0 spiro atoms. The molecule has 0 aliphatic rings. The van der Waals surface area contributed by atoms with Crippen LogP contribution in [-0.4, -0.2) is 51.0 Å². The minimum atomic E-state index is -5.01. The van der Waals surface area contributed by atoms with E-state index in [1.807, 2.05) is 0 Å². The van der Waals surface area contributed by atoms with Crippen molar-refractivity contribution in [3.05, 3.63) is 23.8 Å². The molecule has 0 bridgehead atoms. The van der Waals surface area contributed by atoms with E-state index in [0.29, 0.717) is 6.07 Å². The fourth-order valence-electron chi connectivity index (χ4n) is 1.26. The molecule has 0 unspecified atom stereocenters. The molecule has 109 valence electrons. The van der Waals surface area contributed by atoms with Gasteiger partial charge in [-0.2, -0.15) is 13.2 Å². The second-order valence-corrected chi connectivity index (χ2v) is 5.77. The predicted molar refractivity (Wildman–Crippen MR) is 61.7 cm³/mol. The molecule has 0 aromatic heterocycles. The summed E-state index contributed by atoms with van der Waals surface area (Å²) < 4.78 is 88.5. The van der Waals surface area contributed by atoms with Crippen LogP contribution in [0.1, 0.15) is 5.56 Å². The van der Waals surface area contributed by atoms with E-state index >= 15 is 0 Å². The standard InChI is InChI=1S/C9H6ClF5O3S.Na/c10-19(16,17)8-5(9(13,14)15)2-1-3-6(8)18-4-7(11)12;/h1-3,7H,4H2;. The SMILES string of the molecule is O=S(=O)(Cl)c1c(OCC(F)F)cccc1C(F)(F)F.[Na]. The summed E-state index contributed by atoms with van der Waals surface area (Å²) in [5, 5.41) is 0. The van der Waals surface area contributed by atoms with E-state index in [-0.39, 0.29) is 29.6 Å². The zero-order valence-corrected chi connectivity index (χ0v) is 13.5. The Hall–Kier alpha value is -0.0900.